The Balaban J connectivity index is 1.55. The van der Waals surface area contributed by atoms with E-state index in [-0.39, 0.29) is 30.5 Å². The molecule has 3 aliphatic heterocycles. The number of piperazine rings is 1. The molecule has 5 nitrogen and oxygen atoms in total. The van der Waals surface area contributed by atoms with Crippen molar-refractivity contribution in [1.29, 1.82) is 0 Å². The highest BCUT2D eigenvalue weighted by molar-refractivity contribution is 5.95. The molecule has 106 valence electrons. The van der Waals surface area contributed by atoms with Gasteiger partial charge in [-0.05, 0) is 38.5 Å². The number of hydrogen-bond donors (Lipinski definition) is 0. The molecule has 0 spiro atoms. The number of carbonyl (C=O) groups is 2. The number of hydrogen-bond acceptors (Lipinski definition) is 3. The molecule has 0 aliphatic carbocycles. The molecule has 0 N–H and O–H groups in total. The number of rotatable bonds is 3. The molecule has 5 heteroatoms. The maximum Gasteiger partial charge on any atom is 0.245 e. The van der Waals surface area contributed by atoms with E-state index < -0.39 is 0 Å². The van der Waals surface area contributed by atoms with Crippen LogP contribution in [0.3, 0.4) is 0 Å². The van der Waals surface area contributed by atoms with Crippen LogP contribution in [0.2, 0.25) is 0 Å². The Bertz CT molecular complexity index is 366. The van der Waals surface area contributed by atoms with Gasteiger partial charge in [0.25, 0.3) is 0 Å². The molecule has 3 saturated heterocycles. The number of carbonyl (C=O) groups excluding carboxylic acids is 2. The molecule has 0 aromatic heterocycles. The summed E-state index contributed by atoms with van der Waals surface area (Å²) in [4.78, 5) is 27.8. The standard InChI is InChI=1S/C14H22N2O3/c17-13-10-15(8-6-11-4-1-2-9-19-11)14(18)12-5-3-7-16(12)13/h11-12H,1-10H2. The molecule has 0 aromatic carbocycles. The first-order valence-corrected chi connectivity index (χ1v) is 7.45. The summed E-state index contributed by atoms with van der Waals surface area (Å²) in [5, 5.41) is 0. The lowest BCUT2D eigenvalue weighted by Crippen LogP contribution is -2.57. The molecule has 3 fully saturated rings. The van der Waals surface area contributed by atoms with Crippen molar-refractivity contribution >= 4 is 11.8 Å². The van der Waals surface area contributed by atoms with Crippen molar-refractivity contribution in [2.24, 2.45) is 0 Å². The van der Waals surface area contributed by atoms with E-state index in [4.69, 9.17) is 4.74 Å². The molecular weight excluding hydrogens is 244 g/mol. The Morgan fingerprint density at radius 3 is 2.84 bits per heavy atom. The van der Waals surface area contributed by atoms with Crippen LogP contribution >= 0.6 is 0 Å². The molecule has 0 radical (unpaired) electrons. The van der Waals surface area contributed by atoms with Gasteiger partial charge in [0, 0.05) is 19.7 Å². The predicted octanol–water partition coefficient (Wildman–Crippen LogP) is 0.779. The van der Waals surface area contributed by atoms with Crippen LogP contribution in [-0.4, -0.2) is 60.0 Å². The van der Waals surface area contributed by atoms with E-state index in [1.165, 1.54) is 6.42 Å². The van der Waals surface area contributed by atoms with Crippen molar-refractivity contribution < 1.29 is 14.3 Å². The predicted molar refractivity (Wildman–Crippen MR) is 69.5 cm³/mol. The average Bonchev–Trinajstić information content (AvgIpc) is 2.92. The molecule has 19 heavy (non-hydrogen) atoms. The molecule has 2 unspecified atom stereocenters. The second kappa shape index (κ2) is 5.49. The van der Waals surface area contributed by atoms with Gasteiger partial charge in [0.1, 0.15) is 6.04 Å². The minimum Gasteiger partial charge on any atom is -0.378 e. The maximum atomic E-state index is 12.3. The third-order valence-electron chi connectivity index (χ3n) is 4.49. The Morgan fingerprint density at radius 2 is 2.05 bits per heavy atom. The normalized spacial score (nSPS) is 31.8. The van der Waals surface area contributed by atoms with Crippen LogP contribution < -0.4 is 0 Å². The van der Waals surface area contributed by atoms with Crippen LogP contribution in [0.15, 0.2) is 0 Å². The van der Waals surface area contributed by atoms with Gasteiger partial charge in [0.05, 0.1) is 12.6 Å². The lowest BCUT2D eigenvalue weighted by atomic mass is 10.1. The first-order chi connectivity index (χ1) is 9.25. The fourth-order valence-electron chi connectivity index (χ4n) is 3.39. The second-order valence-corrected chi connectivity index (χ2v) is 5.78. The van der Waals surface area contributed by atoms with Gasteiger partial charge in [0.15, 0.2) is 0 Å². The summed E-state index contributed by atoms with van der Waals surface area (Å²) in [6.07, 6.45) is 6.39. The van der Waals surface area contributed by atoms with Crippen LogP contribution in [0.1, 0.15) is 38.5 Å². The second-order valence-electron chi connectivity index (χ2n) is 5.78. The Kier molecular flexibility index (Phi) is 3.73. The lowest BCUT2D eigenvalue weighted by Gasteiger charge is -2.37. The van der Waals surface area contributed by atoms with Gasteiger partial charge in [-0.25, -0.2) is 0 Å². The monoisotopic (exact) mass is 266 g/mol. The summed E-state index contributed by atoms with van der Waals surface area (Å²) in [7, 11) is 0. The fourth-order valence-corrected chi connectivity index (χ4v) is 3.39. The first kappa shape index (κ1) is 12.9. The van der Waals surface area contributed by atoms with Crippen LogP contribution in [-0.2, 0) is 14.3 Å². The average molecular weight is 266 g/mol. The lowest BCUT2D eigenvalue weighted by molar-refractivity contribution is -0.154. The van der Waals surface area contributed by atoms with Crippen molar-refractivity contribution in [2.45, 2.75) is 50.7 Å². The number of fused-ring (bicyclic) bond motifs is 1. The molecule has 2 atom stereocenters. The van der Waals surface area contributed by atoms with Crippen molar-refractivity contribution in [3.63, 3.8) is 0 Å². The van der Waals surface area contributed by atoms with E-state index in [2.05, 4.69) is 0 Å². The van der Waals surface area contributed by atoms with Crippen LogP contribution in [0.5, 0.6) is 0 Å². The number of amides is 2. The minimum atomic E-state index is -0.173. The van der Waals surface area contributed by atoms with Crippen molar-refractivity contribution in [1.82, 2.24) is 9.80 Å². The number of ether oxygens (including phenoxy) is 1. The summed E-state index contributed by atoms with van der Waals surface area (Å²) in [6.45, 7) is 2.53. The van der Waals surface area contributed by atoms with E-state index in [1.807, 2.05) is 0 Å². The van der Waals surface area contributed by atoms with Crippen molar-refractivity contribution in [3.05, 3.63) is 0 Å². The topological polar surface area (TPSA) is 49.9 Å². The van der Waals surface area contributed by atoms with Crippen molar-refractivity contribution in [3.8, 4) is 0 Å². The Labute approximate surface area is 113 Å². The zero-order valence-corrected chi connectivity index (χ0v) is 11.3. The molecular formula is C14H22N2O3. The summed E-state index contributed by atoms with van der Waals surface area (Å²) in [6, 6.07) is -0.173. The van der Waals surface area contributed by atoms with Gasteiger partial charge < -0.3 is 14.5 Å². The molecule has 0 bridgehead atoms. The highest BCUT2D eigenvalue weighted by Crippen LogP contribution is 2.24. The van der Waals surface area contributed by atoms with Gasteiger partial charge in [-0.2, -0.15) is 0 Å². The van der Waals surface area contributed by atoms with Gasteiger partial charge in [-0.3, -0.25) is 9.59 Å². The van der Waals surface area contributed by atoms with E-state index >= 15 is 0 Å². The smallest absolute Gasteiger partial charge is 0.245 e. The first-order valence-electron chi connectivity index (χ1n) is 7.45. The van der Waals surface area contributed by atoms with Crippen LogP contribution in [0, 0.1) is 0 Å². The Hall–Kier alpha value is -1.10. The van der Waals surface area contributed by atoms with Gasteiger partial charge in [-0.1, -0.05) is 0 Å². The van der Waals surface area contributed by atoms with Crippen LogP contribution in [0.25, 0.3) is 0 Å². The fraction of sp³-hybridized carbons (Fsp3) is 0.857. The summed E-state index contributed by atoms with van der Waals surface area (Å²) in [5.41, 5.74) is 0. The SMILES string of the molecule is O=C1C2CCCN2C(=O)CN1CCC1CCCCO1. The van der Waals surface area contributed by atoms with Crippen molar-refractivity contribution in [2.75, 3.05) is 26.2 Å². The highest BCUT2D eigenvalue weighted by atomic mass is 16.5. The van der Waals surface area contributed by atoms with Gasteiger partial charge in [0.2, 0.25) is 11.8 Å². The van der Waals surface area contributed by atoms with Gasteiger partial charge in [-0.15, -0.1) is 0 Å². The molecule has 0 aromatic rings. The molecule has 0 saturated carbocycles. The summed E-state index contributed by atoms with van der Waals surface area (Å²) >= 11 is 0. The summed E-state index contributed by atoms with van der Waals surface area (Å²) < 4.78 is 5.68. The third kappa shape index (κ3) is 2.61. The van der Waals surface area contributed by atoms with Gasteiger partial charge >= 0.3 is 0 Å². The van der Waals surface area contributed by atoms with E-state index in [0.29, 0.717) is 6.54 Å². The number of nitrogens with zero attached hydrogens (tertiary/aromatic N) is 2. The zero-order chi connectivity index (χ0) is 13.2. The van der Waals surface area contributed by atoms with Crippen LogP contribution in [0.4, 0.5) is 0 Å². The molecule has 2 amide bonds. The molecule has 3 heterocycles. The molecule has 3 aliphatic rings. The maximum absolute atomic E-state index is 12.3. The van der Waals surface area contributed by atoms with E-state index in [0.717, 1.165) is 45.3 Å². The summed E-state index contributed by atoms with van der Waals surface area (Å²) in [5.74, 6) is 0.263. The highest BCUT2D eigenvalue weighted by Gasteiger charge is 2.41. The minimum absolute atomic E-state index is 0.117. The third-order valence-corrected chi connectivity index (χ3v) is 4.49. The van der Waals surface area contributed by atoms with E-state index in [1.54, 1.807) is 9.80 Å². The van der Waals surface area contributed by atoms with E-state index in [9.17, 15) is 9.59 Å². The Morgan fingerprint density at radius 1 is 1.16 bits per heavy atom. The quantitative estimate of drug-likeness (QED) is 0.758. The largest absolute Gasteiger partial charge is 0.378 e. The molecule has 3 rings (SSSR count). The zero-order valence-electron chi connectivity index (χ0n) is 11.3.